The fourth-order valence-electron chi connectivity index (χ4n) is 2.02. The van der Waals surface area contributed by atoms with E-state index >= 15 is 0 Å². The number of nitrogens with one attached hydrogen (secondary N) is 2. The zero-order valence-electron chi connectivity index (χ0n) is 9.61. The summed E-state index contributed by atoms with van der Waals surface area (Å²) >= 11 is 0. The van der Waals surface area contributed by atoms with E-state index in [-0.39, 0.29) is 18.4 Å². The first kappa shape index (κ1) is 14.2. The Labute approximate surface area is 104 Å². The van der Waals surface area contributed by atoms with Crippen LogP contribution in [0.15, 0.2) is 0 Å². The van der Waals surface area contributed by atoms with Gasteiger partial charge in [0.25, 0.3) is 0 Å². The SMILES string of the molecule is CC1CCNCC1NS(=O)(=O)CC1CC1.Cl. The number of halogens is 1. The van der Waals surface area contributed by atoms with Crippen molar-refractivity contribution in [2.24, 2.45) is 11.8 Å². The van der Waals surface area contributed by atoms with E-state index in [9.17, 15) is 8.42 Å². The molecule has 2 aliphatic rings. The molecule has 4 nitrogen and oxygen atoms in total. The Morgan fingerprint density at radius 3 is 2.56 bits per heavy atom. The fraction of sp³-hybridized carbons (Fsp3) is 1.00. The lowest BCUT2D eigenvalue weighted by atomic mass is 9.96. The Morgan fingerprint density at radius 1 is 1.31 bits per heavy atom. The molecule has 96 valence electrons. The van der Waals surface area contributed by atoms with Crippen molar-refractivity contribution in [3.63, 3.8) is 0 Å². The first-order chi connectivity index (χ1) is 7.07. The summed E-state index contributed by atoms with van der Waals surface area (Å²) in [6, 6.07) is 0.0856. The smallest absolute Gasteiger partial charge is 0.212 e. The molecule has 2 N–H and O–H groups in total. The zero-order valence-corrected chi connectivity index (χ0v) is 11.2. The fourth-order valence-corrected chi connectivity index (χ4v) is 3.85. The van der Waals surface area contributed by atoms with E-state index in [1.807, 2.05) is 0 Å². The van der Waals surface area contributed by atoms with Gasteiger partial charge in [0.15, 0.2) is 0 Å². The van der Waals surface area contributed by atoms with Gasteiger partial charge in [0.1, 0.15) is 0 Å². The average molecular weight is 269 g/mol. The van der Waals surface area contributed by atoms with Crippen molar-refractivity contribution in [1.29, 1.82) is 0 Å². The van der Waals surface area contributed by atoms with E-state index in [2.05, 4.69) is 17.0 Å². The third-order valence-corrected chi connectivity index (χ3v) is 4.88. The van der Waals surface area contributed by atoms with E-state index in [1.165, 1.54) is 0 Å². The summed E-state index contributed by atoms with van der Waals surface area (Å²) in [7, 11) is -3.04. The summed E-state index contributed by atoms with van der Waals surface area (Å²) in [5, 5.41) is 3.23. The Bertz CT molecular complexity index is 317. The van der Waals surface area contributed by atoms with Gasteiger partial charge in [-0.1, -0.05) is 6.92 Å². The molecular weight excluding hydrogens is 248 g/mol. The van der Waals surface area contributed by atoms with Crippen molar-refractivity contribution in [2.45, 2.75) is 32.2 Å². The van der Waals surface area contributed by atoms with E-state index in [0.29, 0.717) is 17.6 Å². The average Bonchev–Trinajstić information content (AvgIpc) is 2.91. The second-order valence-corrected chi connectivity index (χ2v) is 6.72. The van der Waals surface area contributed by atoms with Crippen LogP contribution in [0.3, 0.4) is 0 Å². The second kappa shape index (κ2) is 5.67. The molecule has 1 heterocycles. The Balaban J connectivity index is 0.00000128. The van der Waals surface area contributed by atoms with Gasteiger partial charge < -0.3 is 5.32 Å². The number of sulfonamides is 1. The maximum atomic E-state index is 11.8. The third kappa shape index (κ3) is 4.20. The Hall–Kier alpha value is 0.160. The molecule has 16 heavy (non-hydrogen) atoms. The van der Waals surface area contributed by atoms with Gasteiger partial charge in [-0.2, -0.15) is 0 Å². The van der Waals surface area contributed by atoms with Crippen LogP contribution in [0.5, 0.6) is 0 Å². The van der Waals surface area contributed by atoms with Gasteiger partial charge in [-0.05, 0) is 37.6 Å². The summed E-state index contributed by atoms with van der Waals surface area (Å²) in [4.78, 5) is 0. The monoisotopic (exact) mass is 268 g/mol. The molecule has 2 unspecified atom stereocenters. The lowest BCUT2D eigenvalue weighted by molar-refractivity contribution is 0.327. The van der Waals surface area contributed by atoms with Crippen LogP contribution in [0.1, 0.15) is 26.2 Å². The number of rotatable bonds is 4. The molecule has 1 aliphatic carbocycles. The molecule has 2 rings (SSSR count). The maximum Gasteiger partial charge on any atom is 0.212 e. The molecule has 0 radical (unpaired) electrons. The van der Waals surface area contributed by atoms with Crippen LogP contribution in [0.4, 0.5) is 0 Å². The van der Waals surface area contributed by atoms with Gasteiger partial charge in [0, 0.05) is 12.6 Å². The molecule has 0 spiro atoms. The van der Waals surface area contributed by atoms with E-state index in [4.69, 9.17) is 0 Å². The highest BCUT2D eigenvalue weighted by Crippen LogP contribution is 2.30. The largest absolute Gasteiger partial charge is 0.315 e. The predicted octanol–water partition coefficient (Wildman–Crippen LogP) is 0.736. The topological polar surface area (TPSA) is 58.2 Å². The van der Waals surface area contributed by atoms with Gasteiger partial charge in [0.05, 0.1) is 5.75 Å². The van der Waals surface area contributed by atoms with Gasteiger partial charge >= 0.3 is 0 Å². The van der Waals surface area contributed by atoms with Crippen LogP contribution in [-0.2, 0) is 10.0 Å². The molecule has 2 atom stereocenters. The lowest BCUT2D eigenvalue weighted by Crippen LogP contribution is -2.50. The van der Waals surface area contributed by atoms with Gasteiger partial charge in [0.2, 0.25) is 10.0 Å². The first-order valence-electron chi connectivity index (χ1n) is 5.77. The molecule has 0 aromatic rings. The van der Waals surface area contributed by atoms with E-state index < -0.39 is 10.0 Å². The highest BCUT2D eigenvalue weighted by molar-refractivity contribution is 7.89. The van der Waals surface area contributed by atoms with Gasteiger partial charge in [-0.25, -0.2) is 13.1 Å². The Kier molecular flexibility index (Phi) is 5.04. The summed E-state index contributed by atoms with van der Waals surface area (Å²) in [6.07, 6.45) is 3.22. The molecule has 2 fully saturated rings. The lowest BCUT2D eigenvalue weighted by Gasteiger charge is -2.29. The summed E-state index contributed by atoms with van der Waals surface area (Å²) in [6.45, 7) is 3.89. The van der Waals surface area contributed by atoms with Crippen molar-refractivity contribution in [1.82, 2.24) is 10.0 Å². The number of piperidine rings is 1. The minimum Gasteiger partial charge on any atom is -0.315 e. The molecule has 6 heteroatoms. The molecule has 0 amide bonds. The second-order valence-electron chi connectivity index (χ2n) is 4.92. The first-order valence-corrected chi connectivity index (χ1v) is 7.43. The van der Waals surface area contributed by atoms with Crippen LogP contribution in [-0.4, -0.2) is 33.3 Å². The number of hydrogen-bond donors (Lipinski definition) is 2. The minimum atomic E-state index is -3.04. The van der Waals surface area contributed by atoms with Gasteiger partial charge in [-0.3, -0.25) is 0 Å². The quantitative estimate of drug-likeness (QED) is 0.791. The van der Waals surface area contributed by atoms with Crippen molar-refractivity contribution in [2.75, 3.05) is 18.8 Å². The highest BCUT2D eigenvalue weighted by Gasteiger charge is 2.31. The van der Waals surface area contributed by atoms with Crippen LogP contribution < -0.4 is 10.0 Å². The maximum absolute atomic E-state index is 11.8. The molecular formula is C10H21ClN2O2S. The van der Waals surface area contributed by atoms with Crippen LogP contribution in [0, 0.1) is 11.8 Å². The van der Waals surface area contributed by atoms with Gasteiger partial charge in [-0.15, -0.1) is 12.4 Å². The third-order valence-electron chi connectivity index (χ3n) is 3.31. The molecule has 0 aromatic carbocycles. The van der Waals surface area contributed by atoms with Crippen molar-refractivity contribution < 1.29 is 8.42 Å². The normalized spacial score (nSPS) is 30.8. The molecule has 1 saturated carbocycles. The van der Waals surface area contributed by atoms with Crippen LogP contribution in [0.2, 0.25) is 0 Å². The van der Waals surface area contributed by atoms with Crippen LogP contribution >= 0.6 is 12.4 Å². The Morgan fingerprint density at radius 2 is 2.00 bits per heavy atom. The predicted molar refractivity (Wildman–Crippen MR) is 67.3 cm³/mol. The summed E-state index contributed by atoms with van der Waals surface area (Å²) in [5.74, 6) is 1.20. The minimum absolute atomic E-state index is 0. The number of hydrogen-bond acceptors (Lipinski definition) is 3. The highest BCUT2D eigenvalue weighted by atomic mass is 35.5. The van der Waals surface area contributed by atoms with E-state index in [0.717, 1.165) is 32.4 Å². The van der Waals surface area contributed by atoms with Crippen molar-refractivity contribution in [3.8, 4) is 0 Å². The molecule has 1 aliphatic heterocycles. The summed E-state index contributed by atoms with van der Waals surface area (Å²) in [5.41, 5.74) is 0. The molecule has 0 bridgehead atoms. The van der Waals surface area contributed by atoms with Crippen molar-refractivity contribution in [3.05, 3.63) is 0 Å². The standard InChI is InChI=1S/C10H20N2O2S.ClH/c1-8-4-5-11-6-10(8)12-15(13,14)7-9-2-3-9;/h8-12H,2-7H2,1H3;1H. The van der Waals surface area contributed by atoms with Crippen molar-refractivity contribution >= 4 is 22.4 Å². The van der Waals surface area contributed by atoms with E-state index in [1.54, 1.807) is 0 Å². The molecule has 0 aromatic heterocycles. The molecule has 1 saturated heterocycles. The zero-order chi connectivity index (χ0) is 10.9. The summed E-state index contributed by atoms with van der Waals surface area (Å²) < 4.78 is 26.3. The van der Waals surface area contributed by atoms with Crippen LogP contribution in [0.25, 0.3) is 0 Å².